The lowest BCUT2D eigenvalue weighted by molar-refractivity contribution is 0.101. The zero-order valence-corrected chi connectivity index (χ0v) is 14.2. The number of nitrogens with one attached hydrogen (secondary N) is 2. The molecule has 2 N–H and O–H groups in total. The third kappa shape index (κ3) is 4.60. The minimum atomic E-state index is -0.228. The van der Waals surface area contributed by atoms with E-state index in [4.69, 9.17) is 0 Å². The summed E-state index contributed by atoms with van der Waals surface area (Å²) in [5.74, 6) is 0.599. The number of Topliss-reactive ketones (excluding diaryl/α,β-unsaturated/α-hetero) is 1. The Hall–Kier alpha value is -3.35. The molecule has 26 heavy (non-hydrogen) atoms. The summed E-state index contributed by atoms with van der Waals surface area (Å²) in [7, 11) is 0. The first-order chi connectivity index (χ1) is 12.6. The van der Waals surface area contributed by atoms with Gasteiger partial charge in [0, 0.05) is 17.8 Å². The molecule has 0 amide bonds. The maximum atomic E-state index is 13.6. The number of nitrogens with zero attached hydrogens (tertiary/aromatic N) is 3. The molecule has 3 rings (SSSR count). The second-order valence-electron chi connectivity index (χ2n) is 5.70. The molecule has 0 unspecified atom stereocenters. The van der Waals surface area contributed by atoms with Crippen LogP contribution in [-0.4, -0.2) is 27.5 Å². The highest BCUT2D eigenvalue weighted by Crippen LogP contribution is 2.16. The predicted octanol–water partition coefficient (Wildman–Crippen LogP) is 3.61. The molecule has 0 atom stereocenters. The molecule has 6 nitrogen and oxygen atoms in total. The summed E-state index contributed by atoms with van der Waals surface area (Å²) in [6.07, 6.45) is 2.00. The maximum Gasteiger partial charge on any atom is 0.244 e. The number of rotatable bonds is 7. The van der Waals surface area contributed by atoms with E-state index in [0.29, 0.717) is 35.9 Å². The molecule has 1 heterocycles. The number of carbonyl (C=O) groups excluding carboxylic acids is 1. The van der Waals surface area contributed by atoms with Gasteiger partial charge in [0.15, 0.2) is 11.6 Å². The molecule has 0 aliphatic heterocycles. The average molecular weight is 351 g/mol. The van der Waals surface area contributed by atoms with Crippen LogP contribution in [0.5, 0.6) is 0 Å². The van der Waals surface area contributed by atoms with Gasteiger partial charge in [-0.2, -0.15) is 10.1 Å². The third-order valence-electron chi connectivity index (χ3n) is 3.74. The van der Waals surface area contributed by atoms with Crippen LogP contribution in [-0.2, 0) is 6.42 Å². The average Bonchev–Trinajstić information content (AvgIpc) is 2.64. The normalized spacial score (nSPS) is 10.4. The van der Waals surface area contributed by atoms with Crippen LogP contribution in [0.4, 0.5) is 21.8 Å². The van der Waals surface area contributed by atoms with Gasteiger partial charge >= 0.3 is 0 Å². The van der Waals surface area contributed by atoms with E-state index in [2.05, 4.69) is 25.8 Å². The van der Waals surface area contributed by atoms with Gasteiger partial charge in [-0.25, -0.2) is 4.39 Å². The smallest absolute Gasteiger partial charge is 0.244 e. The summed E-state index contributed by atoms with van der Waals surface area (Å²) in [6.45, 7) is 1.99. The van der Waals surface area contributed by atoms with Gasteiger partial charge in [0.05, 0.1) is 6.20 Å². The number of carbonyl (C=O) groups is 1. The van der Waals surface area contributed by atoms with Gasteiger partial charge in [0.2, 0.25) is 5.95 Å². The fourth-order valence-electron chi connectivity index (χ4n) is 2.41. The minimum absolute atomic E-state index is 0.00929. The minimum Gasteiger partial charge on any atom is -0.353 e. The highest BCUT2D eigenvalue weighted by atomic mass is 19.1. The van der Waals surface area contributed by atoms with Crippen molar-refractivity contribution in [3.8, 4) is 0 Å². The molecule has 0 fully saturated rings. The third-order valence-corrected chi connectivity index (χ3v) is 3.74. The first-order valence-corrected chi connectivity index (χ1v) is 8.17. The lowest BCUT2D eigenvalue weighted by atomic mass is 10.1. The topological polar surface area (TPSA) is 79.8 Å². The summed E-state index contributed by atoms with van der Waals surface area (Å²) < 4.78 is 13.6. The summed E-state index contributed by atoms with van der Waals surface area (Å²) in [5.41, 5.74) is 1.97. The van der Waals surface area contributed by atoms with Gasteiger partial charge in [0.25, 0.3) is 0 Å². The highest BCUT2D eigenvalue weighted by molar-refractivity contribution is 5.95. The van der Waals surface area contributed by atoms with Gasteiger partial charge in [-0.1, -0.05) is 30.3 Å². The Morgan fingerprint density at radius 2 is 2.00 bits per heavy atom. The largest absolute Gasteiger partial charge is 0.353 e. The van der Waals surface area contributed by atoms with E-state index in [9.17, 15) is 9.18 Å². The predicted molar refractivity (Wildman–Crippen MR) is 98.1 cm³/mol. The van der Waals surface area contributed by atoms with Crippen LogP contribution in [0.15, 0.2) is 54.7 Å². The molecule has 0 saturated carbocycles. The van der Waals surface area contributed by atoms with Crippen molar-refractivity contribution in [1.82, 2.24) is 15.2 Å². The van der Waals surface area contributed by atoms with Crippen molar-refractivity contribution in [2.45, 2.75) is 13.3 Å². The van der Waals surface area contributed by atoms with Crippen molar-refractivity contribution in [2.75, 3.05) is 17.2 Å². The lowest BCUT2D eigenvalue weighted by Crippen LogP contribution is -2.10. The molecule has 0 bridgehead atoms. The lowest BCUT2D eigenvalue weighted by Gasteiger charge is -2.08. The van der Waals surface area contributed by atoms with Crippen LogP contribution in [0.1, 0.15) is 22.8 Å². The Balaban J connectivity index is 1.62. The van der Waals surface area contributed by atoms with Gasteiger partial charge in [0.1, 0.15) is 5.82 Å². The first kappa shape index (κ1) is 17.5. The SMILES string of the molecule is CC(=O)c1cccc(Nc2cnnc(NCCc3ccccc3F)n2)c1. The Morgan fingerprint density at radius 1 is 1.15 bits per heavy atom. The van der Waals surface area contributed by atoms with Crippen LogP contribution < -0.4 is 10.6 Å². The van der Waals surface area contributed by atoms with Crippen LogP contribution >= 0.6 is 0 Å². The number of hydrogen-bond acceptors (Lipinski definition) is 6. The fraction of sp³-hybridized carbons (Fsp3) is 0.158. The van der Waals surface area contributed by atoms with Crippen molar-refractivity contribution in [3.05, 3.63) is 71.7 Å². The molecule has 0 saturated heterocycles. The molecule has 1 aromatic heterocycles. The molecule has 2 aromatic carbocycles. The van der Waals surface area contributed by atoms with E-state index in [1.165, 1.54) is 19.2 Å². The van der Waals surface area contributed by atoms with Gasteiger partial charge < -0.3 is 10.6 Å². The number of aromatic nitrogens is 3. The van der Waals surface area contributed by atoms with Crippen molar-refractivity contribution in [1.29, 1.82) is 0 Å². The summed E-state index contributed by atoms with van der Waals surface area (Å²) >= 11 is 0. The van der Waals surface area contributed by atoms with Gasteiger partial charge in [-0.05, 0) is 37.1 Å². The molecule has 132 valence electrons. The number of anilines is 3. The zero-order chi connectivity index (χ0) is 18.4. The van der Waals surface area contributed by atoms with E-state index >= 15 is 0 Å². The molecule has 7 heteroatoms. The quantitative estimate of drug-likeness (QED) is 0.633. The Morgan fingerprint density at radius 3 is 2.81 bits per heavy atom. The molecular weight excluding hydrogens is 333 g/mol. The maximum absolute atomic E-state index is 13.6. The molecule has 0 aliphatic carbocycles. The van der Waals surface area contributed by atoms with E-state index in [1.807, 2.05) is 6.07 Å². The van der Waals surface area contributed by atoms with Crippen LogP contribution in [0.2, 0.25) is 0 Å². The Kier molecular flexibility index (Phi) is 5.48. The fourth-order valence-corrected chi connectivity index (χ4v) is 2.41. The zero-order valence-electron chi connectivity index (χ0n) is 14.2. The van der Waals surface area contributed by atoms with Gasteiger partial charge in [-0.3, -0.25) is 4.79 Å². The summed E-state index contributed by atoms with van der Waals surface area (Å²) in [5, 5.41) is 13.9. The van der Waals surface area contributed by atoms with E-state index < -0.39 is 0 Å². The first-order valence-electron chi connectivity index (χ1n) is 8.17. The summed E-state index contributed by atoms with van der Waals surface area (Å²) in [4.78, 5) is 15.8. The number of benzene rings is 2. The Labute approximate surface area is 150 Å². The molecular formula is C19H18FN5O. The summed E-state index contributed by atoms with van der Waals surface area (Å²) in [6, 6.07) is 13.8. The van der Waals surface area contributed by atoms with Crippen LogP contribution in [0.25, 0.3) is 0 Å². The molecule has 0 radical (unpaired) electrons. The van der Waals surface area contributed by atoms with Crippen molar-refractivity contribution >= 4 is 23.2 Å². The molecule has 0 aliphatic rings. The second-order valence-corrected chi connectivity index (χ2v) is 5.70. The Bertz CT molecular complexity index is 916. The number of ketones is 1. The number of hydrogen-bond donors (Lipinski definition) is 2. The molecule has 3 aromatic rings. The highest BCUT2D eigenvalue weighted by Gasteiger charge is 2.05. The number of halogens is 1. The van der Waals surface area contributed by atoms with Crippen LogP contribution in [0.3, 0.4) is 0 Å². The van der Waals surface area contributed by atoms with Crippen molar-refractivity contribution in [3.63, 3.8) is 0 Å². The van der Waals surface area contributed by atoms with Crippen molar-refractivity contribution < 1.29 is 9.18 Å². The second kappa shape index (κ2) is 8.15. The molecule has 0 spiro atoms. The van der Waals surface area contributed by atoms with E-state index in [0.717, 1.165) is 5.69 Å². The monoisotopic (exact) mass is 351 g/mol. The standard InChI is InChI=1S/C19H18FN5O/c1-13(26)15-6-4-7-16(11-15)23-18-12-22-25-19(24-18)21-10-9-14-5-2-3-8-17(14)20/h2-8,11-12H,9-10H2,1H3,(H2,21,23,24,25). The van der Waals surface area contributed by atoms with Gasteiger partial charge in [-0.15, -0.1) is 5.10 Å². The van der Waals surface area contributed by atoms with E-state index in [-0.39, 0.29) is 11.6 Å². The van der Waals surface area contributed by atoms with Crippen molar-refractivity contribution in [2.24, 2.45) is 0 Å². The van der Waals surface area contributed by atoms with E-state index in [1.54, 1.807) is 36.4 Å². The van der Waals surface area contributed by atoms with Crippen LogP contribution in [0, 0.1) is 5.82 Å².